The van der Waals surface area contributed by atoms with Gasteiger partial charge in [-0.05, 0) is 30.7 Å². The highest BCUT2D eigenvalue weighted by molar-refractivity contribution is 7.99. The summed E-state index contributed by atoms with van der Waals surface area (Å²) < 4.78 is 5.06. The molecule has 98 valence electrons. The summed E-state index contributed by atoms with van der Waals surface area (Å²) in [4.78, 5) is 16.2. The van der Waals surface area contributed by atoms with Crippen molar-refractivity contribution in [3.8, 4) is 5.88 Å². The van der Waals surface area contributed by atoms with Crippen molar-refractivity contribution < 1.29 is 14.6 Å². The lowest BCUT2D eigenvalue weighted by atomic mass is 10.1. The average molecular weight is 275 g/mol. The van der Waals surface area contributed by atoms with Crippen LogP contribution in [0.1, 0.15) is 15.9 Å². The molecule has 0 unspecified atom stereocenters. The molecule has 2 aromatic rings. The van der Waals surface area contributed by atoms with Gasteiger partial charge in [0.25, 0.3) is 0 Å². The lowest BCUT2D eigenvalue weighted by molar-refractivity contribution is 0.0696. The molecule has 0 radical (unpaired) electrons. The summed E-state index contributed by atoms with van der Waals surface area (Å²) in [6, 6.07) is 10.8. The molecular weight excluding hydrogens is 262 g/mol. The number of methoxy groups -OCH3 is 1. The fourth-order valence-electron chi connectivity index (χ4n) is 1.58. The Balaban J connectivity index is 2.28. The van der Waals surface area contributed by atoms with Crippen molar-refractivity contribution in [3.05, 3.63) is 47.5 Å². The van der Waals surface area contributed by atoms with Crippen LogP contribution in [0.25, 0.3) is 0 Å². The zero-order chi connectivity index (χ0) is 13.8. The van der Waals surface area contributed by atoms with E-state index in [1.807, 2.05) is 18.2 Å². The molecule has 0 fully saturated rings. The van der Waals surface area contributed by atoms with E-state index in [1.165, 1.54) is 11.8 Å². The molecule has 5 heteroatoms. The number of rotatable bonds is 4. The lowest BCUT2D eigenvalue weighted by Crippen LogP contribution is -1.99. The molecule has 1 N–H and O–H groups in total. The van der Waals surface area contributed by atoms with Gasteiger partial charge in [0.05, 0.1) is 12.7 Å². The Morgan fingerprint density at radius 3 is 2.79 bits per heavy atom. The van der Waals surface area contributed by atoms with Gasteiger partial charge in [-0.25, -0.2) is 9.78 Å². The molecule has 0 bridgehead atoms. The van der Waals surface area contributed by atoms with Crippen molar-refractivity contribution in [2.45, 2.75) is 16.8 Å². The van der Waals surface area contributed by atoms with Crippen LogP contribution in [0.3, 0.4) is 0 Å². The van der Waals surface area contributed by atoms with E-state index in [1.54, 1.807) is 32.2 Å². The molecule has 1 heterocycles. The van der Waals surface area contributed by atoms with E-state index >= 15 is 0 Å². The first kappa shape index (κ1) is 13.4. The molecular formula is C14H13NO3S. The third-order valence-electron chi connectivity index (χ3n) is 2.57. The monoisotopic (exact) mass is 275 g/mol. The molecule has 0 aliphatic rings. The van der Waals surface area contributed by atoms with Crippen LogP contribution in [-0.4, -0.2) is 23.2 Å². The molecule has 2 rings (SSSR count). The van der Waals surface area contributed by atoms with Crippen molar-refractivity contribution in [2.24, 2.45) is 0 Å². The van der Waals surface area contributed by atoms with Gasteiger partial charge in [-0.1, -0.05) is 23.9 Å². The number of aromatic carboxylic acids is 1. The van der Waals surface area contributed by atoms with E-state index in [4.69, 9.17) is 9.84 Å². The average Bonchev–Trinajstić information content (AvgIpc) is 2.41. The SMILES string of the molecule is COc1cccc(Sc2ccc(C)c(C(=O)O)c2)n1. The van der Waals surface area contributed by atoms with Gasteiger partial charge in [-0.2, -0.15) is 0 Å². The summed E-state index contributed by atoms with van der Waals surface area (Å²) in [5.74, 6) is -0.380. The maximum absolute atomic E-state index is 11.1. The summed E-state index contributed by atoms with van der Waals surface area (Å²) in [5, 5.41) is 9.86. The Kier molecular flexibility index (Phi) is 4.06. The summed E-state index contributed by atoms with van der Waals surface area (Å²) in [5.41, 5.74) is 1.06. The predicted octanol–water partition coefficient (Wildman–Crippen LogP) is 3.25. The lowest BCUT2D eigenvalue weighted by Gasteiger charge is -2.06. The summed E-state index contributed by atoms with van der Waals surface area (Å²) in [6.07, 6.45) is 0. The molecule has 1 aromatic heterocycles. The van der Waals surface area contributed by atoms with Gasteiger partial charge in [0, 0.05) is 11.0 Å². The maximum atomic E-state index is 11.1. The second-order valence-electron chi connectivity index (χ2n) is 3.90. The topological polar surface area (TPSA) is 59.4 Å². The maximum Gasteiger partial charge on any atom is 0.335 e. The Morgan fingerprint density at radius 1 is 1.32 bits per heavy atom. The van der Waals surface area contributed by atoms with Crippen molar-refractivity contribution in [1.82, 2.24) is 4.98 Å². The molecule has 1 aromatic carbocycles. The highest BCUT2D eigenvalue weighted by atomic mass is 32.2. The van der Waals surface area contributed by atoms with E-state index in [2.05, 4.69) is 4.98 Å². The molecule has 0 aliphatic heterocycles. The zero-order valence-corrected chi connectivity index (χ0v) is 11.4. The number of hydrogen-bond acceptors (Lipinski definition) is 4. The second-order valence-corrected chi connectivity index (χ2v) is 5.00. The van der Waals surface area contributed by atoms with Crippen LogP contribution in [0.2, 0.25) is 0 Å². The van der Waals surface area contributed by atoms with Gasteiger partial charge in [0.1, 0.15) is 5.03 Å². The Bertz CT molecular complexity index is 613. The largest absolute Gasteiger partial charge is 0.481 e. The molecule has 0 saturated carbocycles. The van der Waals surface area contributed by atoms with Crippen LogP contribution < -0.4 is 4.74 Å². The van der Waals surface area contributed by atoms with Gasteiger partial charge in [0.15, 0.2) is 0 Å². The van der Waals surface area contributed by atoms with Crippen LogP contribution >= 0.6 is 11.8 Å². The Morgan fingerprint density at radius 2 is 2.11 bits per heavy atom. The van der Waals surface area contributed by atoms with Crippen molar-refractivity contribution >= 4 is 17.7 Å². The number of carboxylic acids is 1. The number of pyridine rings is 1. The van der Waals surface area contributed by atoms with E-state index in [0.717, 1.165) is 15.5 Å². The van der Waals surface area contributed by atoms with Gasteiger partial charge >= 0.3 is 5.97 Å². The third-order valence-corrected chi connectivity index (χ3v) is 3.50. The Hall–Kier alpha value is -2.01. The number of ether oxygens (including phenoxy) is 1. The quantitative estimate of drug-likeness (QED) is 0.928. The molecule has 0 saturated heterocycles. The third kappa shape index (κ3) is 3.26. The van der Waals surface area contributed by atoms with Crippen LogP contribution in [0.15, 0.2) is 46.3 Å². The highest BCUT2D eigenvalue weighted by Gasteiger charge is 2.09. The van der Waals surface area contributed by atoms with Crippen molar-refractivity contribution in [1.29, 1.82) is 0 Å². The summed E-state index contributed by atoms with van der Waals surface area (Å²) in [7, 11) is 1.56. The van der Waals surface area contributed by atoms with Crippen LogP contribution in [0, 0.1) is 6.92 Å². The molecule has 0 amide bonds. The van der Waals surface area contributed by atoms with Crippen molar-refractivity contribution in [2.75, 3.05) is 7.11 Å². The molecule has 0 aliphatic carbocycles. The molecule has 19 heavy (non-hydrogen) atoms. The van der Waals surface area contributed by atoms with Gasteiger partial charge < -0.3 is 9.84 Å². The summed E-state index contributed by atoms with van der Waals surface area (Å²) >= 11 is 1.40. The van der Waals surface area contributed by atoms with Gasteiger partial charge in [0.2, 0.25) is 5.88 Å². The fourth-order valence-corrected chi connectivity index (χ4v) is 2.42. The normalized spacial score (nSPS) is 10.2. The second kappa shape index (κ2) is 5.75. The minimum atomic E-state index is -0.918. The molecule has 4 nitrogen and oxygen atoms in total. The highest BCUT2D eigenvalue weighted by Crippen LogP contribution is 2.28. The minimum Gasteiger partial charge on any atom is -0.481 e. The number of hydrogen-bond donors (Lipinski definition) is 1. The van der Waals surface area contributed by atoms with Gasteiger partial charge in [-0.15, -0.1) is 0 Å². The number of carboxylic acid groups (broad SMARTS) is 1. The molecule has 0 atom stereocenters. The number of benzene rings is 1. The number of nitrogens with zero attached hydrogens (tertiary/aromatic N) is 1. The van der Waals surface area contributed by atoms with E-state index in [9.17, 15) is 4.79 Å². The van der Waals surface area contributed by atoms with E-state index in [-0.39, 0.29) is 0 Å². The van der Waals surface area contributed by atoms with Crippen LogP contribution in [-0.2, 0) is 0 Å². The number of carbonyl (C=O) groups is 1. The van der Waals surface area contributed by atoms with Crippen LogP contribution in [0.5, 0.6) is 5.88 Å². The van der Waals surface area contributed by atoms with E-state index < -0.39 is 5.97 Å². The predicted molar refractivity (Wildman–Crippen MR) is 73.1 cm³/mol. The zero-order valence-electron chi connectivity index (χ0n) is 10.6. The van der Waals surface area contributed by atoms with Crippen LogP contribution in [0.4, 0.5) is 0 Å². The minimum absolute atomic E-state index is 0.313. The first-order chi connectivity index (χ1) is 9.10. The number of aryl methyl sites for hydroxylation is 1. The summed E-state index contributed by atoms with van der Waals surface area (Å²) in [6.45, 7) is 1.78. The first-order valence-electron chi connectivity index (χ1n) is 5.63. The first-order valence-corrected chi connectivity index (χ1v) is 6.44. The Labute approximate surface area is 115 Å². The standard InChI is InChI=1S/C14H13NO3S/c1-9-6-7-10(8-11(9)14(16)17)19-13-5-3-4-12(15-13)18-2/h3-8H,1-2H3,(H,16,17). The fraction of sp³-hybridized carbons (Fsp3) is 0.143. The van der Waals surface area contributed by atoms with Gasteiger partial charge in [-0.3, -0.25) is 0 Å². The number of aromatic nitrogens is 1. The smallest absolute Gasteiger partial charge is 0.335 e. The van der Waals surface area contributed by atoms with Crippen molar-refractivity contribution in [3.63, 3.8) is 0 Å². The molecule has 0 spiro atoms. The van der Waals surface area contributed by atoms with E-state index in [0.29, 0.717) is 11.4 Å².